The first-order valence-electron chi connectivity index (χ1n) is 6.31. The van der Waals surface area contributed by atoms with Gasteiger partial charge in [0.25, 0.3) is 5.91 Å². The van der Waals surface area contributed by atoms with E-state index >= 15 is 0 Å². The highest BCUT2D eigenvalue weighted by Gasteiger charge is 2.10. The molecule has 0 spiro atoms. The van der Waals surface area contributed by atoms with Crippen molar-refractivity contribution in [2.75, 3.05) is 10.6 Å². The Morgan fingerprint density at radius 2 is 1.75 bits per heavy atom. The summed E-state index contributed by atoms with van der Waals surface area (Å²) in [6.07, 6.45) is 1.92. The lowest BCUT2D eigenvalue weighted by atomic mass is 10.2. The Morgan fingerprint density at radius 1 is 1.15 bits per heavy atom. The first-order chi connectivity index (χ1) is 9.60. The van der Waals surface area contributed by atoms with Gasteiger partial charge in [-0.05, 0) is 31.2 Å². The largest absolute Gasteiger partial charge is 0.326 e. The summed E-state index contributed by atoms with van der Waals surface area (Å²) >= 11 is 0. The number of aryl methyl sites for hydroxylation is 1. The number of amides is 2. The summed E-state index contributed by atoms with van der Waals surface area (Å²) in [5, 5.41) is 12.0. The van der Waals surface area contributed by atoms with E-state index in [1.165, 1.54) is 6.20 Å². The number of aromatic amines is 1. The molecule has 104 valence electrons. The molecule has 0 unspecified atom stereocenters. The minimum atomic E-state index is -0.221. The normalized spacial score (nSPS) is 10.1. The fourth-order valence-corrected chi connectivity index (χ4v) is 1.66. The highest BCUT2D eigenvalue weighted by molar-refractivity contribution is 6.05. The third kappa shape index (κ3) is 3.23. The number of hydrogen-bond acceptors (Lipinski definition) is 3. The minimum absolute atomic E-state index is 0.0455. The molecule has 0 aliphatic carbocycles. The quantitative estimate of drug-likeness (QED) is 0.798. The Hall–Kier alpha value is -2.63. The molecular weight excluding hydrogens is 256 g/mol. The summed E-state index contributed by atoms with van der Waals surface area (Å²) in [6, 6.07) is 6.95. The lowest BCUT2D eigenvalue weighted by Crippen LogP contribution is -2.13. The molecule has 1 aromatic heterocycles. The Labute approximate surface area is 116 Å². The lowest BCUT2D eigenvalue weighted by Gasteiger charge is -2.07. The van der Waals surface area contributed by atoms with Gasteiger partial charge in [0, 0.05) is 23.5 Å². The molecule has 0 radical (unpaired) electrons. The highest BCUT2D eigenvalue weighted by Crippen LogP contribution is 2.15. The van der Waals surface area contributed by atoms with Crippen LogP contribution in [0.25, 0.3) is 0 Å². The second-order valence-electron chi connectivity index (χ2n) is 4.34. The summed E-state index contributed by atoms with van der Waals surface area (Å²) in [5.74, 6) is -0.266. The van der Waals surface area contributed by atoms with E-state index in [9.17, 15) is 9.59 Å². The van der Waals surface area contributed by atoms with Crippen LogP contribution in [0, 0.1) is 6.92 Å². The highest BCUT2D eigenvalue weighted by atomic mass is 16.2. The second kappa shape index (κ2) is 6.01. The third-order valence-electron chi connectivity index (χ3n) is 2.82. The molecule has 0 saturated heterocycles. The molecule has 0 aliphatic heterocycles. The molecule has 2 aromatic rings. The van der Waals surface area contributed by atoms with Crippen molar-refractivity contribution in [3.8, 4) is 0 Å². The molecule has 0 bridgehead atoms. The number of H-pyrrole nitrogens is 1. The number of carbonyl (C=O) groups is 2. The molecule has 0 saturated carbocycles. The molecule has 0 fully saturated rings. The van der Waals surface area contributed by atoms with Crippen LogP contribution >= 0.6 is 0 Å². The van der Waals surface area contributed by atoms with Gasteiger partial charge < -0.3 is 10.6 Å². The molecular formula is C14H16N4O2. The van der Waals surface area contributed by atoms with Crippen LogP contribution < -0.4 is 10.6 Å². The van der Waals surface area contributed by atoms with E-state index in [1.807, 2.05) is 0 Å². The van der Waals surface area contributed by atoms with Gasteiger partial charge >= 0.3 is 0 Å². The Bertz CT molecular complexity index is 616. The maximum absolute atomic E-state index is 12.0. The summed E-state index contributed by atoms with van der Waals surface area (Å²) in [7, 11) is 0. The Morgan fingerprint density at radius 3 is 2.25 bits per heavy atom. The molecule has 20 heavy (non-hydrogen) atoms. The first kappa shape index (κ1) is 13.8. The number of benzene rings is 1. The fraction of sp³-hybridized carbons (Fsp3) is 0.214. The number of nitrogens with one attached hydrogen (secondary N) is 3. The van der Waals surface area contributed by atoms with Crippen molar-refractivity contribution in [2.24, 2.45) is 0 Å². The van der Waals surface area contributed by atoms with Crippen LogP contribution in [-0.4, -0.2) is 22.0 Å². The average molecular weight is 272 g/mol. The molecule has 2 rings (SSSR count). The van der Waals surface area contributed by atoms with Crippen molar-refractivity contribution in [1.82, 2.24) is 10.2 Å². The average Bonchev–Trinajstić information content (AvgIpc) is 2.87. The van der Waals surface area contributed by atoms with Gasteiger partial charge in [-0.3, -0.25) is 14.7 Å². The van der Waals surface area contributed by atoms with Crippen molar-refractivity contribution in [1.29, 1.82) is 0 Å². The summed E-state index contributed by atoms with van der Waals surface area (Å²) in [6.45, 7) is 3.57. The van der Waals surface area contributed by atoms with Crippen LogP contribution in [0.2, 0.25) is 0 Å². The molecule has 0 aliphatic rings. The van der Waals surface area contributed by atoms with Gasteiger partial charge in [0.1, 0.15) is 0 Å². The zero-order valence-corrected chi connectivity index (χ0v) is 11.4. The summed E-state index contributed by atoms with van der Waals surface area (Å²) in [4.78, 5) is 23.2. The van der Waals surface area contributed by atoms with Crippen LogP contribution in [-0.2, 0) is 4.79 Å². The zero-order valence-electron chi connectivity index (χ0n) is 11.4. The van der Waals surface area contributed by atoms with Gasteiger partial charge in [0.15, 0.2) is 0 Å². The number of rotatable bonds is 4. The van der Waals surface area contributed by atoms with E-state index in [0.717, 1.165) is 0 Å². The number of hydrogen-bond donors (Lipinski definition) is 3. The van der Waals surface area contributed by atoms with E-state index in [4.69, 9.17) is 0 Å². The molecule has 6 heteroatoms. The molecule has 6 nitrogen and oxygen atoms in total. The summed E-state index contributed by atoms with van der Waals surface area (Å²) < 4.78 is 0. The van der Waals surface area contributed by atoms with E-state index < -0.39 is 0 Å². The molecule has 2 amide bonds. The van der Waals surface area contributed by atoms with Crippen molar-refractivity contribution in [2.45, 2.75) is 20.3 Å². The first-order valence-corrected chi connectivity index (χ1v) is 6.31. The fourth-order valence-electron chi connectivity index (χ4n) is 1.66. The second-order valence-corrected chi connectivity index (χ2v) is 4.34. The van der Waals surface area contributed by atoms with Crippen molar-refractivity contribution >= 4 is 23.2 Å². The van der Waals surface area contributed by atoms with Crippen LogP contribution in [0.4, 0.5) is 11.4 Å². The van der Waals surface area contributed by atoms with E-state index in [1.54, 1.807) is 38.1 Å². The van der Waals surface area contributed by atoms with Crippen molar-refractivity contribution in [3.63, 3.8) is 0 Å². The van der Waals surface area contributed by atoms with Gasteiger partial charge in [-0.25, -0.2) is 0 Å². The van der Waals surface area contributed by atoms with Crippen LogP contribution in [0.3, 0.4) is 0 Å². The van der Waals surface area contributed by atoms with Crippen molar-refractivity contribution in [3.05, 3.63) is 41.7 Å². The third-order valence-corrected chi connectivity index (χ3v) is 2.82. The predicted molar refractivity (Wildman–Crippen MR) is 76.6 cm³/mol. The van der Waals surface area contributed by atoms with Gasteiger partial charge in [-0.2, -0.15) is 5.10 Å². The maximum atomic E-state index is 12.0. The predicted octanol–water partition coefficient (Wildman–Crippen LogP) is 2.32. The monoisotopic (exact) mass is 272 g/mol. The smallest absolute Gasteiger partial charge is 0.259 e. The number of anilines is 2. The standard InChI is InChI=1S/C14H16N4O2/c1-3-13(19)16-10-4-6-11(7-5-10)17-14(20)12-8-15-18-9(12)2/h4-8H,3H2,1-2H3,(H,15,18)(H,16,19)(H,17,20). The van der Waals surface area contributed by atoms with Crippen LogP contribution in [0.5, 0.6) is 0 Å². The van der Waals surface area contributed by atoms with Crippen LogP contribution in [0.1, 0.15) is 29.4 Å². The topological polar surface area (TPSA) is 86.9 Å². The van der Waals surface area contributed by atoms with E-state index in [2.05, 4.69) is 20.8 Å². The van der Waals surface area contributed by atoms with Crippen molar-refractivity contribution < 1.29 is 9.59 Å². The lowest BCUT2D eigenvalue weighted by molar-refractivity contribution is -0.115. The Balaban J connectivity index is 2.02. The van der Waals surface area contributed by atoms with Crippen LogP contribution in [0.15, 0.2) is 30.5 Å². The van der Waals surface area contributed by atoms with Gasteiger partial charge in [0.05, 0.1) is 11.8 Å². The van der Waals surface area contributed by atoms with Gasteiger partial charge in [-0.15, -0.1) is 0 Å². The number of carbonyl (C=O) groups excluding carboxylic acids is 2. The molecule has 1 heterocycles. The van der Waals surface area contributed by atoms with Gasteiger partial charge in [0.2, 0.25) is 5.91 Å². The molecule has 1 aromatic carbocycles. The SMILES string of the molecule is CCC(=O)Nc1ccc(NC(=O)c2cn[nH]c2C)cc1. The van der Waals surface area contributed by atoms with Gasteiger partial charge in [-0.1, -0.05) is 6.92 Å². The number of nitrogens with zero attached hydrogens (tertiary/aromatic N) is 1. The molecule has 0 atom stereocenters. The zero-order chi connectivity index (χ0) is 14.5. The minimum Gasteiger partial charge on any atom is -0.326 e. The van der Waals surface area contributed by atoms with E-state index in [-0.39, 0.29) is 11.8 Å². The maximum Gasteiger partial charge on any atom is 0.259 e. The van der Waals surface area contributed by atoms with E-state index in [0.29, 0.717) is 29.1 Å². The molecule has 3 N–H and O–H groups in total. The number of aromatic nitrogens is 2. The Kier molecular flexibility index (Phi) is 4.14. The summed E-state index contributed by atoms with van der Waals surface area (Å²) in [5.41, 5.74) is 2.59.